The van der Waals surface area contributed by atoms with E-state index in [0.717, 1.165) is 45.6 Å². The van der Waals surface area contributed by atoms with E-state index in [1.807, 2.05) is 0 Å². The Bertz CT molecular complexity index is 216. The van der Waals surface area contributed by atoms with Gasteiger partial charge < -0.3 is 14.8 Å². The van der Waals surface area contributed by atoms with Crippen molar-refractivity contribution in [1.29, 1.82) is 0 Å². The molecule has 2 aliphatic rings. The van der Waals surface area contributed by atoms with Crippen LogP contribution in [-0.2, 0) is 9.47 Å². The lowest BCUT2D eigenvalue weighted by Crippen LogP contribution is -2.49. The van der Waals surface area contributed by atoms with Crippen molar-refractivity contribution in [2.75, 3.05) is 26.4 Å². The highest BCUT2D eigenvalue weighted by atomic mass is 16.5. The maximum absolute atomic E-state index is 6.04. The van der Waals surface area contributed by atoms with Gasteiger partial charge in [-0.05, 0) is 39.2 Å². The average molecular weight is 227 g/mol. The lowest BCUT2D eigenvalue weighted by Gasteiger charge is -2.42. The number of hydrogen-bond acceptors (Lipinski definition) is 3. The van der Waals surface area contributed by atoms with Crippen LogP contribution in [0.3, 0.4) is 0 Å². The predicted octanol–water partition coefficient (Wildman–Crippen LogP) is 1.96. The first-order valence-electron chi connectivity index (χ1n) is 6.69. The van der Waals surface area contributed by atoms with Gasteiger partial charge in [0, 0.05) is 25.2 Å². The summed E-state index contributed by atoms with van der Waals surface area (Å²) in [4.78, 5) is 0. The summed E-state index contributed by atoms with van der Waals surface area (Å²) in [5, 5.41) is 3.63. The van der Waals surface area contributed by atoms with Crippen LogP contribution < -0.4 is 5.32 Å². The first kappa shape index (κ1) is 12.3. The molecule has 1 N–H and O–H groups in total. The van der Waals surface area contributed by atoms with Crippen LogP contribution in [0.5, 0.6) is 0 Å². The van der Waals surface area contributed by atoms with Gasteiger partial charge in [-0.2, -0.15) is 0 Å². The molecule has 3 atom stereocenters. The smallest absolute Gasteiger partial charge is 0.0720 e. The molecule has 0 bridgehead atoms. The van der Waals surface area contributed by atoms with Gasteiger partial charge in [-0.25, -0.2) is 0 Å². The zero-order chi connectivity index (χ0) is 11.4. The van der Waals surface area contributed by atoms with E-state index in [0.29, 0.717) is 12.0 Å². The van der Waals surface area contributed by atoms with E-state index < -0.39 is 0 Å². The molecule has 0 saturated carbocycles. The summed E-state index contributed by atoms with van der Waals surface area (Å²) in [5.41, 5.74) is 0.0418. The minimum absolute atomic E-state index is 0.0418. The topological polar surface area (TPSA) is 30.5 Å². The fourth-order valence-corrected chi connectivity index (χ4v) is 2.91. The standard InChI is InChI=1S/C13H25NO2/c1-3-6-14-12-5-8-16-13(2,9-12)11-4-7-15-10-11/h11-12,14H,3-10H2,1-2H3. The van der Waals surface area contributed by atoms with Crippen LogP contribution in [0.1, 0.15) is 39.5 Å². The van der Waals surface area contributed by atoms with Gasteiger partial charge in [0.25, 0.3) is 0 Å². The van der Waals surface area contributed by atoms with Crippen molar-refractivity contribution in [2.24, 2.45) is 5.92 Å². The van der Waals surface area contributed by atoms with Crippen molar-refractivity contribution in [2.45, 2.75) is 51.2 Å². The number of hydrogen-bond donors (Lipinski definition) is 1. The third-order valence-corrected chi connectivity index (χ3v) is 4.03. The summed E-state index contributed by atoms with van der Waals surface area (Å²) in [6.07, 6.45) is 4.67. The van der Waals surface area contributed by atoms with Crippen LogP contribution in [0.2, 0.25) is 0 Å². The molecule has 16 heavy (non-hydrogen) atoms. The zero-order valence-electron chi connectivity index (χ0n) is 10.6. The molecule has 0 aromatic heterocycles. The Balaban J connectivity index is 1.88. The van der Waals surface area contributed by atoms with Gasteiger partial charge in [0.15, 0.2) is 0 Å². The molecule has 94 valence electrons. The summed E-state index contributed by atoms with van der Waals surface area (Å²) in [5.74, 6) is 0.596. The second kappa shape index (κ2) is 5.48. The van der Waals surface area contributed by atoms with Gasteiger partial charge in [-0.1, -0.05) is 6.92 Å². The maximum Gasteiger partial charge on any atom is 0.0720 e. The van der Waals surface area contributed by atoms with Crippen LogP contribution in [0.25, 0.3) is 0 Å². The van der Waals surface area contributed by atoms with E-state index in [1.165, 1.54) is 6.42 Å². The van der Waals surface area contributed by atoms with Gasteiger partial charge in [-0.15, -0.1) is 0 Å². The fourth-order valence-electron chi connectivity index (χ4n) is 2.91. The number of nitrogens with one attached hydrogen (secondary N) is 1. The van der Waals surface area contributed by atoms with Crippen molar-refractivity contribution in [3.8, 4) is 0 Å². The van der Waals surface area contributed by atoms with Crippen LogP contribution in [0.15, 0.2) is 0 Å². The maximum atomic E-state index is 6.04. The summed E-state index contributed by atoms with van der Waals surface area (Å²) >= 11 is 0. The molecule has 2 rings (SSSR count). The Kier molecular flexibility index (Phi) is 4.22. The van der Waals surface area contributed by atoms with Crippen molar-refractivity contribution >= 4 is 0 Å². The van der Waals surface area contributed by atoms with E-state index in [-0.39, 0.29) is 5.60 Å². The molecule has 2 aliphatic heterocycles. The Morgan fingerprint density at radius 3 is 2.88 bits per heavy atom. The minimum atomic E-state index is 0.0418. The normalized spacial score (nSPS) is 40.1. The molecule has 0 radical (unpaired) electrons. The van der Waals surface area contributed by atoms with Crippen molar-refractivity contribution in [1.82, 2.24) is 5.32 Å². The van der Waals surface area contributed by atoms with Gasteiger partial charge in [-0.3, -0.25) is 0 Å². The summed E-state index contributed by atoms with van der Waals surface area (Å²) < 4.78 is 11.5. The van der Waals surface area contributed by atoms with Gasteiger partial charge >= 0.3 is 0 Å². The third kappa shape index (κ3) is 2.76. The predicted molar refractivity (Wildman–Crippen MR) is 64.6 cm³/mol. The molecule has 3 heteroatoms. The van der Waals surface area contributed by atoms with E-state index in [2.05, 4.69) is 19.2 Å². The van der Waals surface area contributed by atoms with E-state index >= 15 is 0 Å². The first-order valence-corrected chi connectivity index (χ1v) is 6.69. The molecule has 0 aromatic rings. The molecule has 3 unspecified atom stereocenters. The summed E-state index contributed by atoms with van der Waals surface area (Å²) in [7, 11) is 0. The molecule has 0 amide bonds. The van der Waals surface area contributed by atoms with Crippen molar-refractivity contribution < 1.29 is 9.47 Å². The van der Waals surface area contributed by atoms with Crippen molar-refractivity contribution in [3.05, 3.63) is 0 Å². The first-order chi connectivity index (χ1) is 7.74. The molecular formula is C13H25NO2. The lowest BCUT2D eigenvalue weighted by atomic mass is 9.80. The second-order valence-corrected chi connectivity index (χ2v) is 5.37. The Hall–Kier alpha value is -0.120. The number of rotatable bonds is 4. The third-order valence-electron chi connectivity index (χ3n) is 4.03. The molecule has 0 aromatic carbocycles. The summed E-state index contributed by atoms with van der Waals surface area (Å²) in [6, 6.07) is 0.638. The number of ether oxygens (including phenoxy) is 2. The van der Waals surface area contributed by atoms with Crippen LogP contribution >= 0.6 is 0 Å². The second-order valence-electron chi connectivity index (χ2n) is 5.37. The van der Waals surface area contributed by atoms with E-state index in [9.17, 15) is 0 Å². The largest absolute Gasteiger partial charge is 0.381 e. The Morgan fingerprint density at radius 2 is 2.19 bits per heavy atom. The summed E-state index contributed by atoms with van der Waals surface area (Å²) in [6.45, 7) is 8.31. The minimum Gasteiger partial charge on any atom is -0.381 e. The SMILES string of the molecule is CCCNC1CCOC(C)(C2CCOC2)C1. The molecule has 3 nitrogen and oxygen atoms in total. The molecule has 0 spiro atoms. The van der Waals surface area contributed by atoms with Crippen LogP contribution in [0, 0.1) is 5.92 Å². The van der Waals surface area contributed by atoms with Crippen LogP contribution in [0.4, 0.5) is 0 Å². The van der Waals surface area contributed by atoms with Gasteiger partial charge in [0.1, 0.15) is 0 Å². The molecule has 0 aliphatic carbocycles. The average Bonchev–Trinajstić information content (AvgIpc) is 2.80. The van der Waals surface area contributed by atoms with Gasteiger partial charge in [0.05, 0.1) is 12.2 Å². The quantitative estimate of drug-likeness (QED) is 0.796. The highest BCUT2D eigenvalue weighted by molar-refractivity contribution is 4.93. The lowest BCUT2D eigenvalue weighted by molar-refractivity contribution is -0.112. The van der Waals surface area contributed by atoms with Crippen LogP contribution in [-0.4, -0.2) is 38.0 Å². The van der Waals surface area contributed by atoms with Crippen molar-refractivity contribution in [3.63, 3.8) is 0 Å². The monoisotopic (exact) mass is 227 g/mol. The molecule has 2 heterocycles. The van der Waals surface area contributed by atoms with E-state index in [4.69, 9.17) is 9.47 Å². The highest BCUT2D eigenvalue weighted by Crippen LogP contribution is 2.36. The van der Waals surface area contributed by atoms with E-state index in [1.54, 1.807) is 0 Å². The molecule has 2 fully saturated rings. The Morgan fingerprint density at radius 1 is 1.31 bits per heavy atom. The Labute approximate surface area is 98.9 Å². The molecule has 2 saturated heterocycles. The highest BCUT2D eigenvalue weighted by Gasteiger charge is 2.41. The van der Waals surface area contributed by atoms with Gasteiger partial charge in [0.2, 0.25) is 0 Å². The molecular weight excluding hydrogens is 202 g/mol. The fraction of sp³-hybridized carbons (Fsp3) is 1.00. The zero-order valence-corrected chi connectivity index (χ0v) is 10.6.